The first-order valence-electron chi connectivity index (χ1n) is 11.2. The van der Waals surface area contributed by atoms with Crippen LogP contribution in [0, 0.1) is 0 Å². The van der Waals surface area contributed by atoms with Crippen LogP contribution in [0.5, 0.6) is 11.5 Å². The number of hydrogen-bond donors (Lipinski definition) is 0. The summed E-state index contributed by atoms with van der Waals surface area (Å²) in [5.74, 6) is 1.50. The molecule has 0 amide bonds. The largest absolute Gasteiger partial charge is 0.494 e. The molecule has 0 aliphatic carbocycles. The summed E-state index contributed by atoms with van der Waals surface area (Å²) in [7, 11) is 0. The van der Waals surface area contributed by atoms with Gasteiger partial charge in [-0.05, 0) is 49.2 Å². The smallest absolute Gasteiger partial charge is 0.137 e. The summed E-state index contributed by atoms with van der Waals surface area (Å²) in [6.07, 6.45) is 10.5. The van der Waals surface area contributed by atoms with Crippen LogP contribution in [0.1, 0.15) is 71.6 Å². The Kier molecular flexibility index (Phi) is 11.2. The molecule has 0 saturated heterocycles. The number of pyridine rings is 1. The van der Waals surface area contributed by atoms with Gasteiger partial charge in [-0.1, -0.05) is 58.8 Å². The molecule has 0 aliphatic heterocycles. The molecule has 29 heavy (non-hydrogen) atoms. The average molecular weight is 402 g/mol. The maximum Gasteiger partial charge on any atom is 0.137 e. The van der Waals surface area contributed by atoms with Crippen LogP contribution in [0.15, 0.2) is 42.6 Å². The fraction of sp³-hybridized carbons (Fsp3) is 0.560. The van der Waals surface area contributed by atoms with Gasteiger partial charge >= 0.3 is 0 Å². The lowest BCUT2D eigenvalue weighted by Crippen LogP contribution is -2.12. The van der Waals surface area contributed by atoms with E-state index in [9.17, 15) is 4.39 Å². The highest BCUT2D eigenvalue weighted by Crippen LogP contribution is 2.23. The predicted octanol–water partition coefficient (Wildman–Crippen LogP) is 7.40. The normalized spacial score (nSPS) is 12.0. The second-order valence-electron chi connectivity index (χ2n) is 7.57. The quantitative estimate of drug-likeness (QED) is 0.291. The molecule has 1 atom stereocenters. The van der Waals surface area contributed by atoms with Crippen LogP contribution in [0.25, 0.3) is 11.3 Å². The van der Waals surface area contributed by atoms with E-state index in [1.165, 1.54) is 32.1 Å². The summed E-state index contributed by atoms with van der Waals surface area (Å²) < 4.78 is 25.2. The van der Waals surface area contributed by atoms with Crippen molar-refractivity contribution in [3.8, 4) is 22.8 Å². The summed E-state index contributed by atoms with van der Waals surface area (Å²) in [4.78, 5) is 4.45. The van der Waals surface area contributed by atoms with E-state index in [2.05, 4.69) is 18.8 Å². The van der Waals surface area contributed by atoms with Gasteiger partial charge in [-0.3, -0.25) is 4.98 Å². The predicted molar refractivity (Wildman–Crippen MR) is 118 cm³/mol. The number of aromatic nitrogens is 1. The van der Waals surface area contributed by atoms with Gasteiger partial charge in [0.1, 0.15) is 24.3 Å². The molecule has 0 saturated carbocycles. The van der Waals surface area contributed by atoms with E-state index >= 15 is 0 Å². The Morgan fingerprint density at radius 2 is 1.48 bits per heavy atom. The molecule has 3 nitrogen and oxygen atoms in total. The summed E-state index contributed by atoms with van der Waals surface area (Å²) in [6.45, 7) is 5.22. The van der Waals surface area contributed by atoms with Gasteiger partial charge in [0.2, 0.25) is 0 Å². The van der Waals surface area contributed by atoms with Gasteiger partial charge in [0.25, 0.3) is 0 Å². The highest BCUT2D eigenvalue weighted by Gasteiger charge is 2.08. The molecule has 0 spiro atoms. The van der Waals surface area contributed by atoms with Crippen LogP contribution in [0.2, 0.25) is 0 Å². The van der Waals surface area contributed by atoms with Crippen molar-refractivity contribution in [1.82, 2.24) is 4.98 Å². The molecule has 1 aromatic heterocycles. The molecular weight excluding hydrogens is 365 g/mol. The minimum absolute atomic E-state index is 0.0947. The zero-order chi connectivity index (χ0) is 20.7. The number of alkyl halides is 1. The van der Waals surface area contributed by atoms with Crippen LogP contribution >= 0.6 is 0 Å². The number of nitrogens with zero attached hydrogens (tertiary/aromatic N) is 1. The summed E-state index contributed by atoms with van der Waals surface area (Å²) in [5, 5.41) is 0. The fourth-order valence-electron chi connectivity index (χ4n) is 3.14. The van der Waals surface area contributed by atoms with Crippen LogP contribution in [-0.4, -0.2) is 24.4 Å². The van der Waals surface area contributed by atoms with E-state index in [-0.39, 0.29) is 6.61 Å². The second-order valence-corrected chi connectivity index (χ2v) is 7.57. The van der Waals surface area contributed by atoms with Crippen molar-refractivity contribution in [2.24, 2.45) is 0 Å². The first-order chi connectivity index (χ1) is 14.2. The summed E-state index contributed by atoms with van der Waals surface area (Å²) >= 11 is 0. The number of benzene rings is 1. The molecule has 0 N–H and O–H groups in total. The molecule has 1 aromatic carbocycles. The third-order valence-corrected chi connectivity index (χ3v) is 4.95. The van der Waals surface area contributed by atoms with E-state index in [1.54, 1.807) is 6.20 Å². The molecule has 0 radical (unpaired) electrons. The Hall–Kier alpha value is -2.10. The van der Waals surface area contributed by atoms with Crippen molar-refractivity contribution in [2.75, 3.05) is 13.2 Å². The molecule has 0 fully saturated rings. The minimum atomic E-state index is -0.916. The van der Waals surface area contributed by atoms with Crippen molar-refractivity contribution in [3.05, 3.63) is 42.6 Å². The van der Waals surface area contributed by atoms with Gasteiger partial charge < -0.3 is 9.47 Å². The average Bonchev–Trinajstić information content (AvgIpc) is 2.76. The Morgan fingerprint density at radius 1 is 0.793 bits per heavy atom. The highest BCUT2D eigenvalue weighted by molar-refractivity contribution is 5.60. The lowest BCUT2D eigenvalue weighted by molar-refractivity contribution is 0.183. The Morgan fingerprint density at radius 3 is 2.14 bits per heavy atom. The maximum absolute atomic E-state index is 13.9. The Bertz CT molecular complexity index is 658. The summed E-state index contributed by atoms with van der Waals surface area (Å²) in [6, 6.07) is 11.7. The van der Waals surface area contributed by atoms with Crippen molar-refractivity contribution < 1.29 is 13.9 Å². The number of halogens is 1. The highest BCUT2D eigenvalue weighted by atomic mass is 19.1. The molecule has 1 heterocycles. The lowest BCUT2D eigenvalue weighted by atomic mass is 10.1. The third kappa shape index (κ3) is 9.29. The monoisotopic (exact) mass is 401 g/mol. The Balaban J connectivity index is 1.74. The van der Waals surface area contributed by atoms with Crippen molar-refractivity contribution in [3.63, 3.8) is 0 Å². The van der Waals surface area contributed by atoms with Gasteiger partial charge in [-0.2, -0.15) is 0 Å². The maximum atomic E-state index is 13.9. The molecule has 2 aromatic rings. The van der Waals surface area contributed by atoms with Crippen LogP contribution in [-0.2, 0) is 0 Å². The van der Waals surface area contributed by atoms with Gasteiger partial charge in [0, 0.05) is 5.56 Å². The van der Waals surface area contributed by atoms with Crippen LogP contribution in [0.3, 0.4) is 0 Å². The number of unbranched alkanes of at least 4 members (excludes halogenated alkanes) is 6. The number of hydrogen-bond acceptors (Lipinski definition) is 3. The topological polar surface area (TPSA) is 31.4 Å². The zero-order valence-electron chi connectivity index (χ0n) is 18.0. The zero-order valence-corrected chi connectivity index (χ0v) is 18.0. The molecule has 0 aliphatic rings. The fourth-order valence-corrected chi connectivity index (χ4v) is 3.14. The van der Waals surface area contributed by atoms with Gasteiger partial charge in [-0.25, -0.2) is 4.39 Å². The first kappa shape index (κ1) is 23.2. The molecule has 2 rings (SSSR count). The lowest BCUT2D eigenvalue weighted by Gasteiger charge is -2.11. The first-order valence-corrected chi connectivity index (χ1v) is 11.2. The second kappa shape index (κ2) is 14.0. The van der Waals surface area contributed by atoms with Crippen LogP contribution < -0.4 is 9.47 Å². The molecule has 160 valence electrons. The van der Waals surface area contributed by atoms with E-state index in [0.29, 0.717) is 12.2 Å². The molecule has 4 heteroatoms. The van der Waals surface area contributed by atoms with Crippen molar-refractivity contribution >= 4 is 0 Å². The Labute approximate surface area is 175 Å². The van der Waals surface area contributed by atoms with Gasteiger partial charge in [0.15, 0.2) is 0 Å². The molecule has 0 bridgehead atoms. The van der Waals surface area contributed by atoms with Crippen molar-refractivity contribution in [1.29, 1.82) is 0 Å². The van der Waals surface area contributed by atoms with E-state index < -0.39 is 6.17 Å². The van der Waals surface area contributed by atoms with E-state index in [0.717, 1.165) is 42.9 Å². The standard InChI is InChI=1S/C25H36FNO2/c1-3-5-7-9-11-22(26)20-29-24-16-17-25(27-19-24)21-12-14-23(15-13-21)28-18-10-8-6-4-2/h12-17,19,22H,3-11,18,20H2,1-2H3. The third-order valence-electron chi connectivity index (χ3n) is 4.95. The minimum Gasteiger partial charge on any atom is -0.494 e. The number of ether oxygens (including phenoxy) is 2. The molecule has 1 unspecified atom stereocenters. The van der Waals surface area contributed by atoms with E-state index in [1.807, 2.05) is 36.4 Å². The molecular formula is C25H36FNO2. The summed E-state index contributed by atoms with van der Waals surface area (Å²) in [5.41, 5.74) is 1.89. The van der Waals surface area contributed by atoms with Crippen LogP contribution in [0.4, 0.5) is 4.39 Å². The van der Waals surface area contributed by atoms with E-state index in [4.69, 9.17) is 9.47 Å². The number of rotatable bonds is 15. The SMILES string of the molecule is CCCCCCOc1ccc(-c2ccc(OCC(F)CCCCCC)cn2)cc1. The van der Waals surface area contributed by atoms with Crippen molar-refractivity contribution in [2.45, 2.75) is 77.8 Å². The van der Waals surface area contributed by atoms with Gasteiger partial charge in [-0.15, -0.1) is 0 Å². The van der Waals surface area contributed by atoms with Gasteiger partial charge in [0.05, 0.1) is 18.5 Å².